The quantitative estimate of drug-likeness (QED) is 0.766. The Balaban J connectivity index is 1.94. The highest BCUT2D eigenvalue weighted by Gasteiger charge is 2.08. The summed E-state index contributed by atoms with van der Waals surface area (Å²) in [4.78, 5) is 16.9. The Kier molecular flexibility index (Phi) is 5.03. The molecular formula is C11H17N5OS2. The summed E-state index contributed by atoms with van der Waals surface area (Å²) >= 11 is 3.19. The molecule has 2 N–H and O–H groups in total. The molecule has 0 aliphatic heterocycles. The smallest absolute Gasteiger partial charge is 0.343 e. The maximum absolute atomic E-state index is 11.4. The summed E-state index contributed by atoms with van der Waals surface area (Å²) in [6, 6.07) is 0. The number of anilines is 1. The van der Waals surface area contributed by atoms with Gasteiger partial charge in [0.25, 0.3) is 0 Å². The predicted molar refractivity (Wildman–Crippen MR) is 79.0 cm³/mol. The molecule has 2 rings (SSSR count). The summed E-state index contributed by atoms with van der Waals surface area (Å²) in [7, 11) is 0. The lowest BCUT2D eigenvalue weighted by atomic mass is 10.5. The third kappa shape index (κ3) is 3.60. The van der Waals surface area contributed by atoms with Crippen LogP contribution in [0.15, 0.2) is 16.1 Å². The molecule has 0 fully saturated rings. The van der Waals surface area contributed by atoms with Gasteiger partial charge in [-0.2, -0.15) is 0 Å². The van der Waals surface area contributed by atoms with Crippen molar-refractivity contribution in [2.45, 2.75) is 37.7 Å². The van der Waals surface area contributed by atoms with Crippen LogP contribution in [0.4, 0.5) is 5.13 Å². The molecule has 0 aliphatic rings. The van der Waals surface area contributed by atoms with Crippen LogP contribution in [0.3, 0.4) is 0 Å². The first kappa shape index (κ1) is 14.1. The van der Waals surface area contributed by atoms with Crippen LogP contribution < -0.4 is 11.0 Å². The van der Waals surface area contributed by atoms with Crippen molar-refractivity contribution in [3.8, 4) is 0 Å². The molecular weight excluding hydrogens is 282 g/mol. The van der Waals surface area contributed by atoms with E-state index in [1.807, 2.05) is 13.1 Å². The molecule has 0 radical (unpaired) electrons. The summed E-state index contributed by atoms with van der Waals surface area (Å²) < 4.78 is 1.63. The van der Waals surface area contributed by atoms with Crippen LogP contribution in [0.2, 0.25) is 0 Å². The van der Waals surface area contributed by atoms with Crippen LogP contribution in [0, 0.1) is 0 Å². The second-order valence-electron chi connectivity index (χ2n) is 3.90. The molecule has 0 spiro atoms. The first-order valence-corrected chi connectivity index (χ1v) is 8.01. The molecule has 19 heavy (non-hydrogen) atoms. The number of hydrogen-bond acceptors (Lipinski definition) is 6. The van der Waals surface area contributed by atoms with E-state index >= 15 is 0 Å². The molecule has 2 aromatic heterocycles. The number of rotatable bonds is 7. The van der Waals surface area contributed by atoms with Crippen molar-refractivity contribution in [3.63, 3.8) is 0 Å². The molecule has 6 nitrogen and oxygen atoms in total. The molecule has 8 heteroatoms. The number of thiazole rings is 1. The van der Waals surface area contributed by atoms with Crippen molar-refractivity contribution >= 4 is 28.2 Å². The van der Waals surface area contributed by atoms with E-state index < -0.39 is 0 Å². The molecule has 104 valence electrons. The first-order chi connectivity index (χ1) is 9.24. The summed E-state index contributed by atoms with van der Waals surface area (Å²) in [5, 5.41) is 11.4. The Morgan fingerprint density at radius 2 is 2.37 bits per heavy atom. The van der Waals surface area contributed by atoms with Crippen molar-refractivity contribution in [2.75, 3.05) is 11.9 Å². The largest absolute Gasteiger partial charge is 0.362 e. The minimum Gasteiger partial charge on any atom is -0.362 e. The van der Waals surface area contributed by atoms with Gasteiger partial charge in [0.1, 0.15) is 0 Å². The van der Waals surface area contributed by atoms with Crippen molar-refractivity contribution in [1.82, 2.24) is 19.7 Å². The van der Waals surface area contributed by atoms with Gasteiger partial charge in [-0.25, -0.2) is 14.9 Å². The standard InChI is InChI=1S/C11H17N5OS2/c1-3-5-12-9-13-6-8(19-9)7-18-11-15-14-10(17)16(11)4-2/h6H,3-5,7H2,1-2H3,(H,12,13)(H,14,17). The maximum atomic E-state index is 11.4. The lowest BCUT2D eigenvalue weighted by Gasteiger charge is -2.00. The molecule has 0 saturated heterocycles. The highest BCUT2D eigenvalue weighted by atomic mass is 32.2. The van der Waals surface area contributed by atoms with Gasteiger partial charge >= 0.3 is 5.69 Å². The van der Waals surface area contributed by atoms with E-state index in [2.05, 4.69) is 27.4 Å². The number of nitrogens with one attached hydrogen (secondary N) is 2. The molecule has 2 heterocycles. The van der Waals surface area contributed by atoms with Gasteiger partial charge in [0.05, 0.1) is 0 Å². The molecule has 0 aliphatic carbocycles. The van der Waals surface area contributed by atoms with E-state index in [0.717, 1.165) is 29.0 Å². The molecule has 0 amide bonds. The number of thioether (sulfide) groups is 1. The zero-order valence-corrected chi connectivity index (χ0v) is 12.6. The van der Waals surface area contributed by atoms with E-state index in [1.165, 1.54) is 4.88 Å². The Labute approximate surface area is 119 Å². The minimum atomic E-state index is -0.153. The summed E-state index contributed by atoms with van der Waals surface area (Å²) in [6.07, 6.45) is 2.95. The monoisotopic (exact) mass is 299 g/mol. The van der Waals surface area contributed by atoms with Gasteiger partial charge in [-0.05, 0) is 13.3 Å². The SMILES string of the molecule is CCCNc1ncc(CSc2n[nH]c(=O)n2CC)s1. The lowest BCUT2D eigenvalue weighted by Crippen LogP contribution is -2.16. The molecule has 2 aromatic rings. The van der Waals surface area contributed by atoms with Gasteiger partial charge in [0.2, 0.25) is 0 Å². The van der Waals surface area contributed by atoms with Crippen LogP contribution >= 0.6 is 23.1 Å². The number of aromatic nitrogens is 4. The summed E-state index contributed by atoms with van der Waals surface area (Å²) in [5.74, 6) is 0.774. The van der Waals surface area contributed by atoms with Gasteiger partial charge < -0.3 is 5.32 Å². The molecule has 0 aromatic carbocycles. The average molecular weight is 299 g/mol. The number of aromatic amines is 1. The normalized spacial score (nSPS) is 10.8. The molecule has 0 unspecified atom stereocenters. The molecule has 0 saturated carbocycles. The third-order valence-corrected chi connectivity index (χ3v) is 4.63. The number of H-pyrrole nitrogens is 1. The summed E-state index contributed by atoms with van der Waals surface area (Å²) in [5.41, 5.74) is -0.153. The minimum absolute atomic E-state index is 0.153. The highest BCUT2D eigenvalue weighted by molar-refractivity contribution is 7.98. The Morgan fingerprint density at radius 3 is 3.11 bits per heavy atom. The average Bonchev–Trinajstić information content (AvgIpc) is 3.00. The number of hydrogen-bond donors (Lipinski definition) is 2. The molecule has 0 atom stereocenters. The van der Waals surface area contributed by atoms with E-state index in [9.17, 15) is 4.79 Å². The zero-order valence-electron chi connectivity index (χ0n) is 11.0. The lowest BCUT2D eigenvalue weighted by molar-refractivity contribution is 0.660. The van der Waals surface area contributed by atoms with Gasteiger partial charge in [-0.3, -0.25) is 4.57 Å². The van der Waals surface area contributed by atoms with Gasteiger partial charge in [-0.1, -0.05) is 18.7 Å². The van der Waals surface area contributed by atoms with Gasteiger partial charge in [0, 0.05) is 29.9 Å². The maximum Gasteiger partial charge on any atom is 0.343 e. The van der Waals surface area contributed by atoms with E-state index in [0.29, 0.717) is 6.54 Å². The Hall–Kier alpha value is -1.28. The van der Waals surface area contributed by atoms with Crippen molar-refractivity contribution in [1.29, 1.82) is 0 Å². The van der Waals surface area contributed by atoms with Crippen LogP contribution in [0.25, 0.3) is 0 Å². The predicted octanol–water partition coefficient (Wildman–Crippen LogP) is 2.16. The Bertz CT molecular complexity index is 574. The highest BCUT2D eigenvalue weighted by Crippen LogP contribution is 2.25. The van der Waals surface area contributed by atoms with E-state index in [1.54, 1.807) is 27.7 Å². The Morgan fingerprint density at radius 1 is 1.53 bits per heavy atom. The van der Waals surface area contributed by atoms with Gasteiger partial charge in [-0.15, -0.1) is 16.4 Å². The van der Waals surface area contributed by atoms with Gasteiger partial charge in [0.15, 0.2) is 10.3 Å². The van der Waals surface area contributed by atoms with Crippen molar-refractivity contribution in [2.24, 2.45) is 0 Å². The second-order valence-corrected chi connectivity index (χ2v) is 5.96. The van der Waals surface area contributed by atoms with Crippen LogP contribution in [-0.4, -0.2) is 26.3 Å². The fourth-order valence-corrected chi connectivity index (χ4v) is 3.39. The van der Waals surface area contributed by atoms with Crippen LogP contribution in [0.1, 0.15) is 25.1 Å². The van der Waals surface area contributed by atoms with Crippen molar-refractivity contribution < 1.29 is 0 Å². The first-order valence-electron chi connectivity index (χ1n) is 6.21. The molecule has 0 bridgehead atoms. The fourth-order valence-electron chi connectivity index (χ4n) is 1.52. The van der Waals surface area contributed by atoms with E-state index in [4.69, 9.17) is 0 Å². The van der Waals surface area contributed by atoms with Crippen LogP contribution in [-0.2, 0) is 12.3 Å². The zero-order chi connectivity index (χ0) is 13.7. The number of nitrogens with zero attached hydrogens (tertiary/aromatic N) is 3. The summed E-state index contributed by atoms with van der Waals surface area (Å²) in [6.45, 7) is 5.62. The second kappa shape index (κ2) is 6.76. The van der Waals surface area contributed by atoms with E-state index in [-0.39, 0.29) is 5.69 Å². The van der Waals surface area contributed by atoms with Crippen LogP contribution in [0.5, 0.6) is 0 Å². The van der Waals surface area contributed by atoms with Crippen molar-refractivity contribution in [3.05, 3.63) is 21.6 Å². The fraction of sp³-hybridized carbons (Fsp3) is 0.545. The third-order valence-electron chi connectivity index (χ3n) is 2.46. The topological polar surface area (TPSA) is 75.6 Å².